The summed E-state index contributed by atoms with van der Waals surface area (Å²) in [5.41, 5.74) is 0.612. The molecule has 0 saturated carbocycles. The van der Waals surface area contributed by atoms with Crippen molar-refractivity contribution in [2.75, 3.05) is 0 Å². The van der Waals surface area contributed by atoms with Crippen molar-refractivity contribution in [3.63, 3.8) is 0 Å². The van der Waals surface area contributed by atoms with Crippen LogP contribution in [0.15, 0.2) is 22.7 Å². The number of aromatic nitrogens is 2. The van der Waals surface area contributed by atoms with Gasteiger partial charge in [-0.3, -0.25) is 10.1 Å². The smallest absolute Gasteiger partial charge is 0.342 e. The van der Waals surface area contributed by atoms with Crippen molar-refractivity contribution < 1.29 is 14.8 Å². The molecule has 1 N–H and O–H groups in total. The SMILES string of the molecule is Cc1nn(-c2cccc(C(=O)O)c2[N+](=O)[O-])c(C)c1Br. The molecule has 0 fully saturated rings. The van der Waals surface area contributed by atoms with Crippen molar-refractivity contribution in [3.05, 3.63) is 49.7 Å². The number of rotatable bonds is 3. The van der Waals surface area contributed by atoms with Crippen LogP contribution >= 0.6 is 15.9 Å². The summed E-state index contributed by atoms with van der Waals surface area (Å²) < 4.78 is 2.09. The first-order valence-electron chi connectivity index (χ1n) is 5.57. The fraction of sp³-hybridized carbons (Fsp3) is 0.167. The third kappa shape index (κ3) is 2.18. The predicted octanol–water partition coefficient (Wildman–Crippen LogP) is 2.86. The number of nitro groups is 1. The Morgan fingerprint density at radius 2 is 2.10 bits per heavy atom. The molecule has 0 aliphatic carbocycles. The zero-order valence-electron chi connectivity index (χ0n) is 10.6. The minimum absolute atomic E-state index is 0.126. The first kappa shape index (κ1) is 14.2. The molecule has 7 nitrogen and oxygen atoms in total. The monoisotopic (exact) mass is 339 g/mol. The van der Waals surface area contributed by atoms with Crippen LogP contribution in [0.4, 0.5) is 5.69 Å². The summed E-state index contributed by atoms with van der Waals surface area (Å²) in [5, 5.41) is 24.5. The van der Waals surface area contributed by atoms with Crippen LogP contribution in [0, 0.1) is 24.0 Å². The van der Waals surface area contributed by atoms with Gasteiger partial charge in [0.05, 0.1) is 20.8 Å². The van der Waals surface area contributed by atoms with Crippen LogP contribution in [0.1, 0.15) is 21.7 Å². The van der Waals surface area contributed by atoms with Gasteiger partial charge in [0.2, 0.25) is 0 Å². The van der Waals surface area contributed by atoms with Gasteiger partial charge in [-0.25, -0.2) is 9.48 Å². The summed E-state index contributed by atoms with van der Waals surface area (Å²) in [7, 11) is 0. The number of aromatic carboxylic acids is 1. The number of aryl methyl sites for hydroxylation is 1. The van der Waals surface area contributed by atoms with Crippen LogP contribution in [0.2, 0.25) is 0 Å². The number of hydrogen-bond acceptors (Lipinski definition) is 4. The molecule has 8 heteroatoms. The normalized spacial score (nSPS) is 10.6. The van der Waals surface area contributed by atoms with E-state index in [4.69, 9.17) is 5.11 Å². The van der Waals surface area contributed by atoms with Gasteiger partial charge in [-0.15, -0.1) is 0 Å². The Balaban J connectivity index is 2.80. The average Bonchev–Trinajstić information content (AvgIpc) is 2.65. The Labute approximate surface area is 122 Å². The molecule has 0 bridgehead atoms. The number of carboxylic acid groups (broad SMARTS) is 1. The maximum atomic E-state index is 11.2. The number of carbonyl (C=O) groups is 1. The molecular formula is C12H10BrN3O4. The lowest BCUT2D eigenvalue weighted by Gasteiger charge is -2.07. The molecule has 0 amide bonds. The quantitative estimate of drug-likeness (QED) is 0.684. The second-order valence-corrected chi connectivity index (χ2v) is 4.93. The highest BCUT2D eigenvalue weighted by atomic mass is 79.9. The molecule has 0 spiro atoms. The van der Waals surface area contributed by atoms with Crippen molar-refractivity contribution in [1.82, 2.24) is 9.78 Å². The Morgan fingerprint density at radius 1 is 1.45 bits per heavy atom. The zero-order chi connectivity index (χ0) is 15.0. The number of benzene rings is 1. The van der Waals surface area contributed by atoms with Crippen molar-refractivity contribution in [1.29, 1.82) is 0 Å². The van der Waals surface area contributed by atoms with Gasteiger partial charge < -0.3 is 5.11 Å². The first-order chi connectivity index (χ1) is 9.34. The van der Waals surface area contributed by atoms with Gasteiger partial charge in [-0.2, -0.15) is 5.10 Å². The summed E-state index contributed by atoms with van der Waals surface area (Å²) in [4.78, 5) is 21.6. The van der Waals surface area contributed by atoms with E-state index in [1.165, 1.54) is 22.9 Å². The van der Waals surface area contributed by atoms with Crippen LogP contribution < -0.4 is 0 Å². The van der Waals surface area contributed by atoms with E-state index in [-0.39, 0.29) is 11.3 Å². The largest absolute Gasteiger partial charge is 0.477 e. The fourth-order valence-corrected chi connectivity index (χ4v) is 2.17. The molecule has 2 rings (SSSR count). The lowest BCUT2D eigenvalue weighted by atomic mass is 10.1. The molecular weight excluding hydrogens is 330 g/mol. The van der Waals surface area contributed by atoms with E-state index in [1.807, 2.05) is 0 Å². The van der Waals surface area contributed by atoms with Crippen molar-refractivity contribution in [3.8, 4) is 5.69 Å². The van der Waals surface area contributed by atoms with Gasteiger partial charge in [0, 0.05) is 0 Å². The summed E-state index contributed by atoms with van der Waals surface area (Å²) in [6.07, 6.45) is 0. The Hall–Kier alpha value is -2.22. The number of nitro benzene ring substituents is 1. The molecule has 0 radical (unpaired) electrons. The minimum Gasteiger partial charge on any atom is -0.477 e. The van der Waals surface area contributed by atoms with Gasteiger partial charge in [0.1, 0.15) is 11.3 Å². The first-order valence-corrected chi connectivity index (χ1v) is 6.36. The Kier molecular flexibility index (Phi) is 3.58. The second-order valence-electron chi connectivity index (χ2n) is 4.13. The van der Waals surface area contributed by atoms with Crippen molar-refractivity contribution >= 4 is 27.6 Å². The van der Waals surface area contributed by atoms with E-state index in [2.05, 4.69) is 21.0 Å². The van der Waals surface area contributed by atoms with Crippen LogP contribution in [0.25, 0.3) is 5.69 Å². The maximum absolute atomic E-state index is 11.2. The van der Waals surface area contributed by atoms with Gasteiger partial charge in [-0.05, 0) is 41.9 Å². The number of halogens is 1. The lowest BCUT2D eigenvalue weighted by molar-refractivity contribution is -0.385. The van der Waals surface area contributed by atoms with E-state index < -0.39 is 16.6 Å². The highest BCUT2D eigenvalue weighted by Crippen LogP contribution is 2.30. The van der Waals surface area contributed by atoms with Crippen LogP contribution in [-0.4, -0.2) is 25.8 Å². The third-order valence-electron chi connectivity index (χ3n) is 2.86. The molecule has 1 heterocycles. The Morgan fingerprint density at radius 3 is 2.55 bits per heavy atom. The van der Waals surface area contributed by atoms with Gasteiger partial charge in [0.15, 0.2) is 0 Å². The van der Waals surface area contributed by atoms with E-state index in [1.54, 1.807) is 13.8 Å². The zero-order valence-corrected chi connectivity index (χ0v) is 12.2. The molecule has 20 heavy (non-hydrogen) atoms. The molecule has 0 atom stereocenters. The second kappa shape index (κ2) is 5.04. The van der Waals surface area contributed by atoms with Crippen molar-refractivity contribution in [2.24, 2.45) is 0 Å². The van der Waals surface area contributed by atoms with E-state index in [0.717, 1.165) is 4.47 Å². The van der Waals surface area contributed by atoms with Gasteiger partial charge >= 0.3 is 11.7 Å². The molecule has 0 aliphatic rings. The van der Waals surface area contributed by atoms with Crippen molar-refractivity contribution in [2.45, 2.75) is 13.8 Å². The summed E-state index contributed by atoms with van der Waals surface area (Å²) in [6.45, 7) is 3.49. The highest BCUT2D eigenvalue weighted by Gasteiger charge is 2.27. The number of hydrogen-bond donors (Lipinski definition) is 1. The van der Waals surface area contributed by atoms with Gasteiger partial charge in [0.25, 0.3) is 0 Å². The summed E-state index contributed by atoms with van der Waals surface area (Å²) >= 11 is 3.34. The molecule has 1 aromatic carbocycles. The van der Waals surface area contributed by atoms with Crippen LogP contribution in [0.5, 0.6) is 0 Å². The summed E-state index contributed by atoms with van der Waals surface area (Å²) in [6, 6.07) is 4.12. The van der Waals surface area contributed by atoms with Crippen LogP contribution in [-0.2, 0) is 0 Å². The van der Waals surface area contributed by atoms with E-state index in [9.17, 15) is 14.9 Å². The fourth-order valence-electron chi connectivity index (χ4n) is 1.92. The maximum Gasteiger partial charge on any atom is 0.342 e. The highest BCUT2D eigenvalue weighted by molar-refractivity contribution is 9.10. The van der Waals surface area contributed by atoms with E-state index >= 15 is 0 Å². The molecule has 0 aliphatic heterocycles. The molecule has 0 saturated heterocycles. The van der Waals surface area contributed by atoms with Gasteiger partial charge in [-0.1, -0.05) is 6.07 Å². The number of para-hydroxylation sites is 1. The topological polar surface area (TPSA) is 98.3 Å². The average molecular weight is 340 g/mol. The van der Waals surface area contributed by atoms with E-state index in [0.29, 0.717) is 11.4 Å². The predicted molar refractivity (Wildman–Crippen MR) is 74.4 cm³/mol. The Bertz CT molecular complexity index is 724. The number of carboxylic acids is 1. The van der Waals surface area contributed by atoms with Crippen LogP contribution in [0.3, 0.4) is 0 Å². The molecule has 1 aromatic heterocycles. The molecule has 104 valence electrons. The number of nitrogens with zero attached hydrogens (tertiary/aromatic N) is 3. The molecule has 0 unspecified atom stereocenters. The standard InChI is InChI=1S/C12H10BrN3O4/c1-6-10(13)7(2)15(14-6)9-5-3-4-8(12(17)18)11(9)16(19)20/h3-5H,1-2H3,(H,17,18). The molecule has 2 aromatic rings. The lowest BCUT2D eigenvalue weighted by Crippen LogP contribution is -2.09. The summed E-state index contributed by atoms with van der Waals surface area (Å²) in [5.74, 6) is -1.35. The third-order valence-corrected chi connectivity index (χ3v) is 4.01. The minimum atomic E-state index is -1.35.